The number of nitro groups is 1. The Kier molecular flexibility index (Phi) is 7.90. The highest BCUT2D eigenvalue weighted by molar-refractivity contribution is 7.91. The Morgan fingerprint density at radius 2 is 2.03 bits per heavy atom. The number of esters is 1. The number of ether oxygens (including phenoxy) is 2. The fourth-order valence-electron chi connectivity index (χ4n) is 4.15. The number of hydrogen-bond acceptors (Lipinski definition) is 9. The molecule has 2 saturated heterocycles. The second-order valence-electron chi connectivity index (χ2n) is 8.25. The molecule has 2 heterocycles. The van der Waals surface area contributed by atoms with Gasteiger partial charge in [-0.05, 0) is 31.9 Å². The minimum absolute atomic E-state index is 0.0246. The van der Waals surface area contributed by atoms with Crippen molar-refractivity contribution in [1.82, 2.24) is 4.90 Å². The van der Waals surface area contributed by atoms with Gasteiger partial charge in [0.2, 0.25) is 0 Å². The summed E-state index contributed by atoms with van der Waals surface area (Å²) in [5.74, 6) is -1.43. The van der Waals surface area contributed by atoms with Crippen LogP contribution in [0.15, 0.2) is 18.2 Å². The van der Waals surface area contributed by atoms with E-state index in [1.165, 1.54) is 17.0 Å². The van der Waals surface area contributed by atoms with Gasteiger partial charge in [0.1, 0.15) is 5.69 Å². The number of hydrogen-bond donors (Lipinski definition) is 0. The van der Waals surface area contributed by atoms with E-state index in [1.807, 2.05) is 18.7 Å². The maximum absolute atomic E-state index is 12.8. The summed E-state index contributed by atoms with van der Waals surface area (Å²) in [5, 5.41) is 11.6. The van der Waals surface area contributed by atoms with Crippen molar-refractivity contribution in [2.75, 3.05) is 49.3 Å². The molecule has 0 unspecified atom stereocenters. The quantitative estimate of drug-likeness (QED) is 0.305. The first-order valence-corrected chi connectivity index (χ1v) is 12.7. The summed E-state index contributed by atoms with van der Waals surface area (Å²) in [6, 6.07) is 3.40. The second-order valence-corrected chi connectivity index (χ2v) is 10.5. The fourth-order valence-corrected chi connectivity index (χ4v) is 5.87. The Balaban J connectivity index is 1.70. The molecular formula is C21H29N3O8S. The standard InChI is InChI=1S/C21H29N3O8S/c1-3-15(2)23(17-6-11-33(29,30)14-17)20(25)13-32-21(26)16-4-5-18(19(12-16)24(27)28)22-7-9-31-10-8-22/h4-5,12,15,17H,3,6-11,13-14H2,1-2H3/t15-,17+/m1/s1. The second kappa shape index (κ2) is 10.5. The van der Waals surface area contributed by atoms with Crippen molar-refractivity contribution in [3.05, 3.63) is 33.9 Å². The molecule has 0 saturated carbocycles. The molecule has 2 aliphatic rings. The lowest BCUT2D eigenvalue weighted by molar-refractivity contribution is -0.384. The molecule has 0 aliphatic carbocycles. The van der Waals surface area contributed by atoms with Crippen LogP contribution in [0.1, 0.15) is 37.0 Å². The van der Waals surface area contributed by atoms with Gasteiger partial charge in [0.25, 0.3) is 11.6 Å². The van der Waals surface area contributed by atoms with Crippen LogP contribution < -0.4 is 4.90 Å². The minimum atomic E-state index is -3.19. The molecule has 12 heteroatoms. The normalized spacial score (nSPS) is 20.8. The van der Waals surface area contributed by atoms with E-state index in [4.69, 9.17) is 9.47 Å². The van der Waals surface area contributed by atoms with Gasteiger partial charge < -0.3 is 19.3 Å². The van der Waals surface area contributed by atoms with Crippen LogP contribution in [-0.4, -0.2) is 86.6 Å². The summed E-state index contributed by atoms with van der Waals surface area (Å²) >= 11 is 0. The number of rotatable bonds is 8. The summed E-state index contributed by atoms with van der Waals surface area (Å²) in [4.78, 5) is 39.7. The van der Waals surface area contributed by atoms with Gasteiger partial charge in [-0.1, -0.05) is 6.92 Å². The molecule has 182 valence electrons. The van der Waals surface area contributed by atoms with E-state index in [2.05, 4.69) is 0 Å². The highest BCUT2D eigenvalue weighted by Crippen LogP contribution is 2.30. The van der Waals surface area contributed by atoms with Crippen molar-refractivity contribution >= 4 is 33.1 Å². The summed E-state index contributed by atoms with van der Waals surface area (Å²) in [5.41, 5.74) is 0.126. The van der Waals surface area contributed by atoms with Gasteiger partial charge in [-0.25, -0.2) is 13.2 Å². The first kappa shape index (κ1) is 24.9. The molecule has 11 nitrogen and oxygen atoms in total. The number of carbonyl (C=O) groups is 2. The third-order valence-corrected chi connectivity index (χ3v) is 7.79. The fraction of sp³-hybridized carbons (Fsp3) is 0.619. The minimum Gasteiger partial charge on any atom is -0.452 e. The molecule has 1 aromatic carbocycles. The van der Waals surface area contributed by atoms with Crippen LogP contribution in [0.4, 0.5) is 11.4 Å². The third-order valence-electron chi connectivity index (χ3n) is 6.04. The lowest BCUT2D eigenvalue weighted by Crippen LogP contribution is -2.48. The number of nitro benzene ring substituents is 1. The molecule has 1 amide bonds. The lowest BCUT2D eigenvalue weighted by Gasteiger charge is -2.33. The Labute approximate surface area is 192 Å². The Morgan fingerprint density at radius 3 is 2.61 bits per heavy atom. The van der Waals surface area contributed by atoms with E-state index >= 15 is 0 Å². The SMILES string of the molecule is CC[C@@H](C)N(C(=O)COC(=O)c1ccc(N2CCOCC2)c([N+](=O)[O-])c1)[C@H]1CCS(=O)(=O)C1. The van der Waals surface area contributed by atoms with Crippen molar-refractivity contribution < 1.29 is 32.4 Å². The largest absolute Gasteiger partial charge is 0.452 e. The number of nitrogens with zero attached hydrogens (tertiary/aromatic N) is 3. The van der Waals surface area contributed by atoms with Crippen LogP contribution in [0, 0.1) is 10.1 Å². The van der Waals surface area contributed by atoms with Crippen molar-refractivity contribution in [2.45, 2.75) is 38.8 Å². The zero-order valence-corrected chi connectivity index (χ0v) is 19.6. The average Bonchev–Trinajstić information content (AvgIpc) is 3.16. The summed E-state index contributed by atoms with van der Waals surface area (Å²) in [6.07, 6.45) is 0.965. The molecule has 3 rings (SSSR count). The van der Waals surface area contributed by atoms with E-state index in [-0.39, 0.29) is 28.8 Å². The van der Waals surface area contributed by atoms with E-state index in [0.717, 1.165) is 6.07 Å². The van der Waals surface area contributed by atoms with E-state index in [1.54, 1.807) is 0 Å². The highest BCUT2D eigenvalue weighted by Gasteiger charge is 2.37. The molecular weight excluding hydrogens is 454 g/mol. The van der Waals surface area contributed by atoms with Gasteiger partial charge in [0, 0.05) is 31.2 Å². The molecule has 2 atom stereocenters. The maximum Gasteiger partial charge on any atom is 0.338 e. The molecule has 0 N–H and O–H groups in total. The predicted molar refractivity (Wildman–Crippen MR) is 120 cm³/mol. The number of benzene rings is 1. The number of anilines is 1. The van der Waals surface area contributed by atoms with Gasteiger partial charge in [-0.3, -0.25) is 14.9 Å². The van der Waals surface area contributed by atoms with Crippen molar-refractivity contribution in [3.63, 3.8) is 0 Å². The van der Waals surface area contributed by atoms with E-state index in [0.29, 0.717) is 44.8 Å². The smallest absolute Gasteiger partial charge is 0.338 e. The molecule has 0 spiro atoms. The van der Waals surface area contributed by atoms with Crippen molar-refractivity contribution in [3.8, 4) is 0 Å². The van der Waals surface area contributed by atoms with E-state index < -0.39 is 39.3 Å². The van der Waals surface area contributed by atoms with Gasteiger partial charge in [-0.15, -0.1) is 0 Å². The lowest BCUT2D eigenvalue weighted by atomic mass is 10.1. The zero-order chi connectivity index (χ0) is 24.2. The predicted octanol–water partition coefficient (Wildman–Crippen LogP) is 1.40. The first-order chi connectivity index (χ1) is 15.6. The first-order valence-electron chi connectivity index (χ1n) is 10.9. The van der Waals surface area contributed by atoms with E-state index in [9.17, 15) is 28.1 Å². The topological polar surface area (TPSA) is 136 Å². The monoisotopic (exact) mass is 483 g/mol. The zero-order valence-electron chi connectivity index (χ0n) is 18.8. The number of amides is 1. The van der Waals surface area contributed by atoms with Crippen molar-refractivity contribution in [2.24, 2.45) is 0 Å². The number of sulfone groups is 1. The molecule has 2 fully saturated rings. The molecule has 2 aliphatic heterocycles. The van der Waals surface area contributed by atoms with Gasteiger partial charge in [-0.2, -0.15) is 0 Å². The maximum atomic E-state index is 12.8. The Bertz CT molecular complexity index is 1010. The van der Waals surface area contributed by atoms with Crippen LogP contribution in [0.3, 0.4) is 0 Å². The Morgan fingerprint density at radius 1 is 1.33 bits per heavy atom. The highest BCUT2D eigenvalue weighted by atomic mass is 32.2. The average molecular weight is 484 g/mol. The van der Waals surface area contributed by atoms with Gasteiger partial charge >= 0.3 is 5.97 Å². The third kappa shape index (κ3) is 5.99. The van der Waals surface area contributed by atoms with Crippen molar-refractivity contribution in [1.29, 1.82) is 0 Å². The van der Waals surface area contributed by atoms with Gasteiger partial charge in [0.15, 0.2) is 16.4 Å². The van der Waals surface area contributed by atoms with Crippen LogP contribution in [0.25, 0.3) is 0 Å². The summed E-state index contributed by atoms with van der Waals surface area (Å²) < 4.78 is 34.2. The molecule has 0 radical (unpaired) electrons. The van der Waals surface area contributed by atoms with Crippen LogP contribution in [0.5, 0.6) is 0 Å². The molecule has 33 heavy (non-hydrogen) atoms. The van der Waals surface area contributed by atoms with Crippen LogP contribution in [0.2, 0.25) is 0 Å². The van der Waals surface area contributed by atoms with Crippen LogP contribution in [-0.2, 0) is 24.1 Å². The van der Waals surface area contributed by atoms with Crippen LogP contribution >= 0.6 is 0 Å². The molecule has 0 aromatic heterocycles. The molecule has 1 aromatic rings. The summed E-state index contributed by atoms with van der Waals surface area (Å²) in [7, 11) is -3.19. The number of carbonyl (C=O) groups excluding carboxylic acids is 2. The molecule has 0 bridgehead atoms. The number of morpholine rings is 1. The Hall–Kier alpha value is -2.73. The van der Waals surface area contributed by atoms with Gasteiger partial charge in [0.05, 0.1) is 35.2 Å². The summed E-state index contributed by atoms with van der Waals surface area (Å²) in [6.45, 7) is 5.05.